The maximum Gasteiger partial charge on any atom is 0.254 e. The summed E-state index contributed by atoms with van der Waals surface area (Å²) in [5.74, 6) is 1.68. The van der Waals surface area contributed by atoms with Crippen molar-refractivity contribution >= 4 is 29.6 Å². The molecule has 1 amide bonds. The van der Waals surface area contributed by atoms with Gasteiger partial charge in [0.2, 0.25) is 11.8 Å². The van der Waals surface area contributed by atoms with Gasteiger partial charge < -0.3 is 14.5 Å². The van der Waals surface area contributed by atoms with Crippen molar-refractivity contribution in [3.8, 4) is 17.1 Å². The Morgan fingerprint density at radius 1 is 1.00 bits per heavy atom. The van der Waals surface area contributed by atoms with Gasteiger partial charge in [-0.25, -0.2) is 9.97 Å². The number of hydrogen-bond acceptors (Lipinski definition) is 9. The van der Waals surface area contributed by atoms with Crippen LogP contribution in [0.5, 0.6) is 5.88 Å². The number of rotatable bonds is 5. The lowest BCUT2D eigenvalue weighted by Crippen LogP contribution is -2.45. The average molecular weight is 610 g/mol. The first kappa shape index (κ1) is 29.9. The summed E-state index contributed by atoms with van der Waals surface area (Å²) >= 11 is 1.37. The minimum Gasteiger partial charge on any atom is -0.475 e. The van der Waals surface area contributed by atoms with E-state index in [0.717, 1.165) is 58.3 Å². The van der Waals surface area contributed by atoms with Crippen LogP contribution in [-0.4, -0.2) is 56.5 Å². The number of amides is 1. The Morgan fingerprint density at radius 2 is 1.77 bits per heavy atom. The molecule has 2 aliphatic rings. The number of ether oxygens (including phenoxy) is 1. The minimum atomic E-state index is -0.260. The second-order valence-electron chi connectivity index (χ2n) is 12.8. The zero-order valence-corrected chi connectivity index (χ0v) is 26.8. The summed E-state index contributed by atoms with van der Waals surface area (Å²) in [7, 11) is 0. The van der Waals surface area contributed by atoms with Crippen molar-refractivity contribution < 1.29 is 9.53 Å². The van der Waals surface area contributed by atoms with Crippen LogP contribution in [0, 0.1) is 19.3 Å². The van der Waals surface area contributed by atoms with Gasteiger partial charge in [0.25, 0.3) is 5.91 Å². The predicted octanol–water partition coefficient (Wildman–Crippen LogP) is 6.72. The summed E-state index contributed by atoms with van der Waals surface area (Å²) in [6.07, 6.45) is 5.43. The van der Waals surface area contributed by atoms with Gasteiger partial charge in [0, 0.05) is 35.2 Å². The van der Waals surface area contributed by atoms with Gasteiger partial charge in [-0.1, -0.05) is 45.0 Å². The van der Waals surface area contributed by atoms with Gasteiger partial charge in [-0.15, -0.1) is 0 Å². The highest BCUT2D eigenvalue weighted by Gasteiger charge is 2.31. The molecule has 44 heavy (non-hydrogen) atoms. The van der Waals surface area contributed by atoms with Crippen molar-refractivity contribution in [2.75, 3.05) is 29.3 Å². The number of benzene rings is 2. The molecule has 6 rings (SSSR count). The van der Waals surface area contributed by atoms with Crippen LogP contribution < -0.4 is 14.4 Å². The molecule has 0 saturated carbocycles. The van der Waals surface area contributed by atoms with E-state index in [4.69, 9.17) is 19.7 Å². The summed E-state index contributed by atoms with van der Waals surface area (Å²) in [4.78, 5) is 38.3. The largest absolute Gasteiger partial charge is 0.475 e. The summed E-state index contributed by atoms with van der Waals surface area (Å²) in [6, 6.07) is 15.5. The Kier molecular flexibility index (Phi) is 8.44. The number of carbonyl (C=O) groups is 1. The van der Waals surface area contributed by atoms with E-state index in [0.29, 0.717) is 30.4 Å². The fourth-order valence-electron chi connectivity index (χ4n) is 5.71. The molecule has 0 unspecified atom stereocenters. The topological polar surface area (TPSA) is 96.4 Å². The smallest absolute Gasteiger partial charge is 0.254 e. The van der Waals surface area contributed by atoms with Crippen LogP contribution in [0.1, 0.15) is 60.8 Å². The monoisotopic (exact) mass is 609 g/mol. The lowest BCUT2D eigenvalue weighted by molar-refractivity contribution is 0.0509. The molecule has 9 nitrogen and oxygen atoms in total. The van der Waals surface area contributed by atoms with Gasteiger partial charge in [-0.3, -0.25) is 14.5 Å². The van der Waals surface area contributed by atoms with E-state index in [1.165, 1.54) is 11.9 Å². The molecular formula is C34H39N7O2S. The van der Waals surface area contributed by atoms with E-state index in [-0.39, 0.29) is 24.0 Å². The SMILES string of the molecule is Cc1cccc(C)c1-c1cc2nc(n1)NSc1cccc(c1)C(=O)N(Cc1cncc(N3CCC3)n1)[C@H](CC(C)(C)C)CO2. The average Bonchev–Trinajstić information content (AvgIpc) is 2.95. The van der Waals surface area contributed by atoms with E-state index in [2.05, 4.69) is 67.4 Å². The molecule has 4 aromatic rings. The van der Waals surface area contributed by atoms with Gasteiger partial charge in [-0.05, 0) is 73.4 Å². The quantitative estimate of drug-likeness (QED) is 0.247. The summed E-state index contributed by atoms with van der Waals surface area (Å²) in [6.45, 7) is 13.3. The van der Waals surface area contributed by atoms with Crippen molar-refractivity contribution in [1.82, 2.24) is 24.8 Å². The molecule has 1 fully saturated rings. The summed E-state index contributed by atoms with van der Waals surface area (Å²) in [5, 5.41) is 0. The second-order valence-corrected chi connectivity index (χ2v) is 13.7. The van der Waals surface area contributed by atoms with Crippen molar-refractivity contribution in [1.29, 1.82) is 0 Å². The van der Waals surface area contributed by atoms with E-state index in [1.54, 1.807) is 12.4 Å². The fraction of sp³-hybridized carbons (Fsp3) is 0.382. The lowest BCUT2D eigenvalue weighted by atomic mass is 9.87. The number of aromatic nitrogens is 4. The Bertz CT molecular complexity index is 1650. The molecule has 228 valence electrons. The minimum absolute atomic E-state index is 0.0743. The Hall–Kier alpha value is -4.18. The number of fused-ring (bicyclic) bond motifs is 4. The third-order valence-electron chi connectivity index (χ3n) is 7.94. The molecule has 0 spiro atoms. The Labute approximate surface area is 263 Å². The molecule has 0 aliphatic carbocycles. The standard InChI is InChI=1S/C34H39N7O2S/c1-22-9-6-10-23(2)31(22)28-16-30-38-33(37-28)39-44-27-12-7-11-24(15-27)32(42)41(26(21-43-30)17-34(3,4)5)20-25-18-35-19-29(36-25)40-13-8-14-40/h6-7,9-12,15-16,18-19,26H,8,13-14,17,20-21H2,1-5H3,(H,37,38,39)/t26-/m1/s1. The van der Waals surface area contributed by atoms with Crippen molar-refractivity contribution in [3.63, 3.8) is 0 Å². The van der Waals surface area contributed by atoms with Crippen LogP contribution in [0.25, 0.3) is 11.3 Å². The molecule has 10 heteroatoms. The van der Waals surface area contributed by atoms with Crippen LogP contribution in [-0.2, 0) is 6.54 Å². The van der Waals surface area contributed by atoms with Gasteiger partial charge in [-0.2, -0.15) is 4.98 Å². The molecule has 4 heterocycles. The van der Waals surface area contributed by atoms with Crippen LogP contribution in [0.3, 0.4) is 0 Å². The molecule has 1 saturated heterocycles. The summed E-state index contributed by atoms with van der Waals surface area (Å²) < 4.78 is 9.78. The number of hydrogen-bond donors (Lipinski definition) is 1. The molecule has 0 radical (unpaired) electrons. The molecule has 1 N–H and O–H groups in total. The number of carbonyl (C=O) groups excluding carboxylic acids is 1. The molecule has 2 aliphatic heterocycles. The zero-order valence-electron chi connectivity index (χ0n) is 26.0. The van der Waals surface area contributed by atoms with Crippen molar-refractivity contribution in [3.05, 3.63) is 83.3 Å². The van der Waals surface area contributed by atoms with Crippen LogP contribution in [0.2, 0.25) is 0 Å². The fourth-order valence-corrected chi connectivity index (χ4v) is 6.34. The van der Waals surface area contributed by atoms with Gasteiger partial charge >= 0.3 is 0 Å². The van der Waals surface area contributed by atoms with Crippen LogP contribution >= 0.6 is 11.9 Å². The van der Waals surface area contributed by atoms with Gasteiger partial charge in [0.05, 0.1) is 36.4 Å². The predicted molar refractivity (Wildman–Crippen MR) is 175 cm³/mol. The highest BCUT2D eigenvalue weighted by molar-refractivity contribution is 8.00. The number of anilines is 2. The first-order valence-electron chi connectivity index (χ1n) is 15.1. The maximum atomic E-state index is 14.4. The van der Waals surface area contributed by atoms with Crippen molar-refractivity contribution in [2.24, 2.45) is 5.41 Å². The van der Waals surface area contributed by atoms with E-state index < -0.39 is 0 Å². The molecular weight excluding hydrogens is 570 g/mol. The van der Waals surface area contributed by atoms with Crippen molar-refractivity contribution in [2.45, 2.75) is 64.9 Å². The number of aryl methyl sites for hydroxylation is 2. The molecule has 2 aromatic heterocycles. The van der Waals surface area contributed by atoms with E-state index in [9.17, 15) is 4.79 Å². The van der Waals surface area contributed by atoms with Gasteiger partial charge in [0.15, 0.2) is 0 Å². The lowest BCUT2D eigenvalue weighted by Gasteiger charge is -2.36. The van der Waals surface area contributed by atoms with E-state index >= 15 is 0 Å². The Balaban J connectivity index is 1.42. The first-order chi connectivity index (χ1) is 21.1. The Morgan fingerprint density at radius 3 is 2.50 bits per heavy atom. The zero-order chi connectivity index (χ0) is 30.8. The third kappa shape index (κ3) is 6.80. The van der Waals surface area contributed by atoms with Crippen LogP contribution in [0.15, 0.2) is 65.8 Å². The maximum absolute atomic E-state index is 14.4. The van der Waals surface area contributed by atoms with Gasteiger partial charge in [0.1, 0.15) is 12.4 Å². The molecule has 1 atom stereocenters. The second kappa shape index (κ2) is 12.4. The summed E-state index contributed by atoms with van der Waals surface area (Å²) in [5.41, 5.74) is 5.38. The number of nitrogens with one attached hydrogen (secondary N) is 1. The highest BCUT2D eigenvalue weighted by atomic mass is 32.2. The molecule has 2 aromatic carbocycles. The van der Waals surface area contributed by atoms with E-state index in [1.807, 2.05) is 35.2 Å². The van der Waals surface area contributed by atoms with Crippen LogP contribution in [0.4, 0.5) is 11.8 Å². The normalized spacial score (nSPS) is 17.0. The first-order valence-corrected chi connectivity index (χ1v) is 15.9. The number of nitrogens with zero attached hydrogens (tertiary/aromatic N) is 6. The highest BCUT2D eigenvalue weighted by Crippen LogP contribution is 2.32. The third-order valence-corrected chi connectivity index (χ3v) is 8.71. The molecule has 4 bridgehead atoms.